The van der Waals surface area contributed by atoms with E-state index in [1.54, 1.807) is 12.1 Å². The van der Waals surface area contributed by atoms with Crippen LogP contribution in [0.5, 0.6) is 0 Å². The van der Waals surface area contributed by atoms with Crippen molar-refractivity contribution in [2.45, 2.75) is 19.0 Å². The van der Waals surface area contributed by atoms with Crippen molar-refractivity contribution in [1.82, 2.24) is 5.32 Å². The molecule has 0 unspecified atom stereocenters. The normalized spacial score (nSPS) is 11.8. The molecule has 0 heterocycles. The third-order valence-electron chi connectivity index (χ3n) is 2.06. The predicted molar refractivity (Wildman–Crippen MR) is 53.6 cm³/mol. The summed E-state index contributed by atoms with van der Waals surface area (Å²) in [7, 11) is 0. The molecule has 90 valence electrons. The molecule has 0 fully saturated rings. The summed E-state index contributed by atoms with van der Waals surface area (Å²) < 4.78 is 48.0. The summed E-state index contributed by atoms with van der Waals surface area (Å²) in [6, 6.07) is 6.04. The monoisotopic (exact) mass is 235 g/mol. The van der Waals surface area contributed by atoms with Crippen molar-refractivity contribution in [1.29, 1.82) is 0 Å². The van der Waals surface area contributed by atoms with E-state index in [1.165, 1.54) is 12.1 Å². The van der Waals surface area contributed by atoms with Gasteiger partial charge >= 0.3 is 6.18 Å². The van der Waals surface area contributed by atoms with E-state index in [9.17, 15) is 17.6 Å². The van der Waals surface area contributed by atoms with Gasteiger partial charge in [-0.3, -0.25) is 0 Å². The highest BCUT2D eigenvalue weighted by Gasteiger charge is 2.25. The van der Waals surface area contributed by atoms with Gasteiger partial charge in [0.1, 0.15) is 5.82 Å². The average molecular weight is 235 g/mol. The Morgan fingerprint density at radius 1 is 1.12 bits per heavy atom. The minimum Gasteiger partial charge on any atom is -0.316 e. The lowest BCUT2D eigenvalue weighted by Gasteiger charge is -2.07. The van der Waals surface area contributed by atoms with Gasteiger partial charge in [-0.05, 0) is 30.7 Å². The third-order valence-corrected chi connectivity index (χ3v) is 2.06. The van der Waals surface area contributed by atoms with Gasteiger partial charge in [0, 0.05) is 6.54 Å². The Morgan fingerprint density at radius 2 is 1.88 bits per heavy atom. The van der Waals surface area contributed by atoms with Crippen molar-refractivity contribution in [3.05, 3.63) is 35.6 Å². The molecular weight excluding hydrogens is 222 g/mol. The zero-order valence-corrected chi connectivity index (χ0v) is 8.65. The number of hydrogen-bond donors (Lipinski definition) is 1. The molecule has 0 aliphatic carbocycles. The fourth-order valence-electron chi connectivity index (χ4n) is 1.28. The topological polar surface area (TPSA) is 12.0 Å². The number of hydrogen-bond acceptors (Lipinski definition) is 1. The van der Waals surface area contributed by atoms with E-state index in [2.05, 4.69) is 5.32 Å². The molecule has 1 aromatic rings. The van der Waals surface area contributed by atoms with Gasteiger partial charge in [0.25, 0.3) is 0 Å². The lowest BCUT2D eigenvalue weighted by Crippen LogP contribution is -2.23. The van der Waals surface area contributed by atoms with E-state index in [0.29, 0.717) is 13.0 Å². The van der Waals surface area contributed by atoms with Crippen molar-refractivity contribution in [2.75, 3.05) is 13.1 Å². The first-order valence-electron chi connectivity index (χ1n) is 4.99. The molecule has 0 aromatic heterocycles. The fourth-order valence-corrected chi connectivity index (χ4v) is 1.28. The summed E-state index contributed by atoms with van der Waals surface area (Å²) >= 11 is 0. The second-order valence-corrected chi connectivity index (χ2v) is 3.50. The Labute approximate surface area is 91.5 Å². The van der Waals surface area contributed by atoms with Crippen LogP contribution in [0.3, 0.4) is 0 Å². The standard InChI is InChI=1S/C11H13F4N/c12-10-3-1-2-9(8-10)4-6-16-7-5-11(13,14)15/h1-3,8,16H,4-7H2. The predicted octanol–water partition coefficient (Wildman–Crippen LogP) is 2.91. The van der Waals surface area contributed by atoms with Gasteiger partial charge < -0.3 is 5.32 Å². The van der Waals surface area contributed by atoms with Gasteiger partial charge in [0.15, 0.2) is 0 Å². The highest BCUT2D eigenvalue weighted by Crippen LogP contribution is 2.18. The van der Waals surface area contributed by atoms with Crippen LogP contribution in [0.2, 0.25) is 0 Å². The molecule has 0 spiro atoms. The molecule has 16 heavy (non-hydrogen) atoms. The maximum Gasteiger partial charge on any atom is 0.390 e. The van der Waals surface area contributed by atoms with Crippen LogP contribution < -0.4 is 5.32 Å². The van der Waals surface area contributed by atoms with Crippen molar-refractivity contribution < 1.29 is 17.6 Å². The molecule has 0 aliphatic rings. The van der Waals surface area contributed by atoms with E-state index in [4.69, 9.17) is 0 Å². The van der Waals surface area contributed by atoms with Gasteiger partial charge in [-0.2, -0.15) is 13.2 Å². The Kier molecular flexibility index (Phi) is 4.73. The Bertz CT molecular complexity index is 322. The van der Waals surface area contributed by atoms with Crippen molar-refractivity contribution in [2.24, 2.45) is 0 Å². The molecule has 0 radical (unpaired) electrons. The van der Waals surface area contributed by atoms with Crippen LogP contribution in [-0.2, 0) is 6.42 Å². The number of halogens is 4. The highest BCUT2D eigenvalue weighted by atomic mass is 19.4. The quantitative estimate of drug-likeness (QED) is 0.611. The molecule has 0 atom stereocenters. The van der Waals surface area contributed by atoms with Crippen LogP contribution in [-0.4, -0.2) is 19.3 Å². The number of rotatable bonds is 5. The lowest BCUT2D eigenvalue weighted by atomic mass is 10.1. The molecule has 1 aromatic carbocycles. The van der Waals surface area contributed by atoms with Crippen LogP contribution in [0.4, 0.5) is 17.6 Å². The smallest absolute Gasteiger partial charge is 0.316 e. The van der Waals surface area contributed by atoms with Crippen LogP contribution in [0.25, 0.3) is 0 Å². The summed E-state index contributed by atoms with van der Waals surface area (Å²) in [5, 5.41) is 2.67. The van der Waals surface area contributed by atoms with Crippen molar-refractivity contribution in [3.8, 4) is 0 Å². The van der Waals surface area contributed by atoms with Gasteiger partial charge in [-0.25, -0.2) is 4.39 Å². The molecule has 0 aliphatic heterocycles. The average Bonchev–Trinajstić information content (AvgIpc) is 2.15. The zero-order valence-electron chi connectivity index (χ0n) is 8.65. The minimum absolute atomic E-state index is 0.0984. The summed E-state index contributed by atoms with van der Waals surface area (Å²) in [6.45, 7) is 0.318. The summed E-state index contributed by atoms with van der Waals surface area (Å²) in [5.74, 6) is -0.326. The number of benzene rings is 1. The first-order chi connectivity index (χ1) is 7.47. The molecule has 0 amide bonds. The van der Waals surface area contributed by atoms with E-state index < -0.39 is 12.6 Å². The minimum atomic E-state index is -4.12. The molecule has 5 heteroatoms. The second kappa shape index (κ2) is 5.84. The molecule has 1 N–H and O–H groups in total. The summed E-state index contributed by atoms with van der Waals surface area (Å²) in [5.41, 5.74) is 0.777. The molecule has 0 saturated heterocycles. The van der Waals surface area contributed by atoms with Gasteiger partial charge in [0.2, 0.25) is 0 Å². The first kappa shape index (κ1) is 13.0. The summed E-state index contributed by atoms with van der Waals surface area (Å²) in [6.07, 6.45) is -4.43. The maximum atomic E-state index is 12.7. The SMILES string of the molecule is Fc1cccc(CCNCCC(F)(F)F)c1. The first-order valence-corrected chi connectivity index (χ1v) is 4.99. The Morgan fingerprint density at radius 3 is 2.50 bits per heavy atom. The molecule has 1 nitrogen and oxygen atoms in total. The molecule has 1 rings (SSSR count). The van der Waals surface area contributed by atoms with Crippen LogP contribution in [0.1, 0.15) is 12.0 Å². The highest BCUT2D eigenvalue weighted by molar-refractivity contribution is 5.16. The largest absolute Gasteiger partial charge is 0.390 e. The van der Waals surface area contributed by atoms with Crippen LogP contribution in [0.15, 0.2) is 24.3 Å². The maximum absolute atomic E-state index is 12.7. The summed E-state index contributed by atoms with van der Waals surface area (Å²) in [4.78, 5) is 0. The molecular formula is C11H13F4N. The fraction of sp³-hybridized carbons (Fsp3) is 0.455. The van der Waals surface area contributed by atoms with Crippen molar-refractivity contribution in [3.63, 3.8) is 0 Å². The van der Waals surface area contributed by atoms with Crippen LogP contribution in [0, 0.1) is 5.82 Å². The Balaban J connectivity index is 2.17. The van der Waals surface area contributed by atoms with Crippen molar-refractivity contribution >= 4 is 0 Å². The Hall–Kier alpha value is -1.10. The third kappa shape index (κ3) is 5.70. The van der Waals surface area contributed by atoms with Gasteiger partial charge in [0.05, 0.1) is 6.42 Å². The van der Waals surface area contributed by atoms with E-state index in [0.717, 1.165) is 5.56 Å². The molecule has 0 saturated carbocycles. The number of nitrogens with one attached hydrogen (secondary N) is 1. The van der Waals surface area contributed by atoms with E-state index in [-0.39, 0.29) is 12.4 Å². The lowest BCUT2D eigenvalue weighted by molar-refractivity contribution is -0.133. The van der Waals surface area contributed by atoms with E-state index in [1.807, 2.05) is 0 Å². The zero-order chi connectivity index (χ0) is 12.0. The van der Waals surface area contributed by atoms with E-state index >= 15 is 0 Å². The van der Waals surface area contributed by atoms with Gasteiger partial charge in [-0.15, -0.1) is 0 Å². The van der Waals surface area contributed by atoms with Gasteiger partial charge in [-0.1, -0.05) is 12.1 Å². The number of alkyl halides is 3. The molecule has 0 bridgehead atoms. The van der Waals surface area contributed by atoms with Crippen LogP contribution >= 0.6 is 0 Å². The second-order valence-electron chi connectivity index (χ2n) is 3.50.